The monoisotopic (exact) mass is 365 g/mol. The number of rotatable bonds is 9. The summed E-state index contributed by atoms with van der Waals surface area (Å²) in [6.45, 7) is 7.37. The van der Waals surface area contributed by atoms with Gasteiger partial charge in [0, 0.05) is 11.6 Å². The van der Waals surface area contributed by atoms with E-state index in [1.54, 1.807) is 11.0 Å². The van der Waals surface area contributed by atoms with Crippen molar-refractivity contribution in [3.63, 3.8) is 0 Å². The highest BCUT2D eigenvalue weighted by molar-refractivity contribution is 6.31. The van der Waals surface area contributed by atoms with Crippen LogP contribution >= 0.6 is 11.6 Å². The van der Waals surface area contributed by atoms with E-state index >= 15 is 0 Å². The van der Waals surface area contributed by atoms with Gasteiger partial charge in [0.2, 0.25) is 0 Å². The van der Waals surface area contributed by atoms with Gasteiger partial charge in [0.05, 0.1) is 18.8 Å². The Morgan fingerprint density at radius 1 is 1.24 bits per heavy atom. The van der Waals surface area contributed by atoms with Crippen molar-refractivity contribution in [1.29, 1.82) is 0 Å². The van der Waals surface area contributed by atoms with E-state index in [2.05, 4.69) is 10.1 Å². The summed E-state index contributed by atoms with van der Waals surface area (Å²) in [5.41, 5.74) is 0.884. The number of halogens is 1. The number of hydrogen-bond donors (Lipinski definition) is 1. The topological polar surface area (TPSA) is 60.2 Å². The summed E-state index contributed by atoms with van der Waals surface area (Å²) in [7, 11) is 0. The molecule has 1 N–H and O–H groups in total. The van der Waals surface area contributed by atoms with Gasteiger partial charge < -0.3 is 9.84 Å². The van der Waals surface area contributed by atoms with Crippen LogP contribution in [0.1, 0.15) is 45.2 Å². The molecule has 1 aromatic carbocycles. The molecule has 0 saturated heterocycles. The van der Waals surface area contributed by atoms with E-state index in [1.807, 2.05) is 45.0 Å². The van der Waals surface area contributed by atoms with Crippen LogP contribution in [0.3, 0.4) is 0 Å². The van der Waals surface area contributed by atoms with Crippen LogP contribution in [0.2, 0.25) is 5.02 Å². The van der Waals surface area contributed by atoms with Crippen molar-refractivity contribution in [3.8, 4) is 0 Å². The quantitative estimate of drug-likeness (QED) is 0.684. The molecule has 1 heterocycles. The lowest BCUT2D eigenvalue weighted by Gasteiger charge is -2.33. The lowest BCUT2D eigenvalue weighted by Crippen LogP contribution is -2.36. The minimum absolute atomic E-state index is 0.102. The molecule has 1 aromatic heterocycles. The second-order valence-corrected chi connectivity index (χ2v) is 7.76. The van der Waals surface area contributed by atoms with E-state index in [0.29, 0.717) is 13.2 Å². The summed E-state index contributed by atoms with van der Waals surface area (Å²) in [6, 6.07) is 7.73. The van der Waals surface area contributed by atoms with Crippen LogP contribution in [0.25, 0.3) is 0 Å². The number of aromatic nitrogens is 3. The average molecular weight is 366 g/mol. The molecular formula is C19H28ClN3O2. The predicted molar refractivity (Wildman–Crippen MR) is 99.7 cm³/mol. The SMILES string of the molecule is CC(C)(C)C(O)C(CCCOCCc1ccccc1Cl)n1cncn1. The first-order valence-corrected chi connectivity index (χ1v) is 9.10. The highest BCUT2D eigenvalue weighted by atomic mass is 35.5. The Labute approximate surface area is 155 Å². The molecule has 0 aliphatic rings. The van der Waals surface area contributed by atoms with Crippen molar-refractivity contribution in [2.45, 2.75) is 52.2 Å². The molecule has 0 amide bonds. The van der Waals surface area contributed by atoms with Gasteiger partial charge in [-0.15, -0.1) is 0 Å². The van der Waals surface area contributed by atoms with Gasteiger partial charge in [-0.2, -0.15) is 5.10 Å². The van der Waals surface area contributed by atoms with Gasteiger partial charge in [-0.25, -0.2) is 9.67 Å². The maximum atomic E-state index is 10.7. The fourth-order valence-electron chi connectivity index (χ4n) is 2.78. The number of aliphatic hydroxyl groups excluding tert-OH is 1. The van der Waals surface area contributed by atoms with Crippen LogP contribution in [0.15, 0.2) is 36.9 Å². The van der Waals surface area contributed by atoms with E-state index in [-0.39, 0.29) is 11.5 Å². The molecule has 0 spiro atoms. The van der Waals surface area contributed by atoms with Gasteiger partial charge in [0.1, 0.15) is 12.7 Å². The maximum absolute atomic E-state index is 10.7. The Morgan fingerprint density at radius 3 is 2.64 bits per heavy atom. The van der Waals surface area contributed by atoms with Gasteiger partial charge >= 0.3 is 0 Å². The molecular weight excluding hydrogens is 338 g/mol. The first-order chi connectivity index (χ1) is 11.9. The van der Waals surface area contributed by atoms with Crippen LogP contribution in [-0.2, 0) is 11.2 Å². The lowest BCUT2D eigenvalue weighted by atomic mass is 9.83. The molecule has 5 nitrogen and oxygen atoms in total. The summed E-state index contributed by atoms with van der Waals surface area (Å²) < 4.78 is 7.49. The van der Waals surface area contributed by atoms with Crippen molar-refractivity contribution < 1.29 is 9.84 Å². The number of ether oxygens (including phenoxy) is 1. The third-order valence-corrected chi connectivity index (χ3v) is 4.66. The normalized spacial score (nSPS) is 14.4. The average Bonchev–Trinajstić information content (AvgIpc) is 3.08. The van der Waals surface area contributed by atoms with Crippen LogP contribution in [0, 0.1) is 5.41 Å². The molecule has 6 heteroatoms. The Balaban J connectivity index is 1.77. The third-order valence-electron chi connectivity index (χ3n) is 4.29. The van der Waals surface area contributed by atoms with Crippen LogP contribution < -0.4 is 0 Å². The summed E-state index contributed by atoms with van der Waals surface area (Å²) in [4.78, 5) is 4.00. The Hall–Kier alpha value is -1.43. The first kappa shape index (κ1) is 19.9. The van der Waals surface area contributed by atoms with Gasteiger partial charge in [-0.3, -0.25) is 0 Å². The number of nitrogens with zero attached hydrogens (tertiary/aromatic N) is 3. The van der Waals surface area contributed by atoms with Crippen molar-refractivity contribution >= 4 is 11.6 Å². The second kappa shape index (κ2) is 9.32. The van der Waals surface area contributed by atoms with Gasteiger partial charge in [0.15, 0.2) is 0 Å². The van der Waals surface area contributed by atoms with Crippen LogP contribution in [0.5, 0.6) is 0 Å². The van der Waals surface area contributed by atoms with Crippen LogP contribution in [0.4, 0.5) is 0 Å². The highest BCUT2D eigenvalue weighted by Gasteiger charge is 2.31. The molecule has 0 saturated carbocycles. The van der Waals surface area contributed by atoms with Crippen molar-refractivity contribution in [2.75, 3.05) is 13.2 Å². The van der Waals surface area contributed by atoms with E-state index in [9.17, 15) is 5.11 Å². The van der Waals surface area contributed by atoms with Crippen molar-refractivity contribution in [1.82, 2.24) is 14.8 Å². The lowest BCUT2D eigenvalue weighted by molar-refractivity contribution is 0.00554. The fourth-order valence-corrected chi connectivity index (χ4v) is 3.01. The Kier molecular flexibility index (Phi) is 7.41. The van der Waals surface area contributed by atoms with Crippen molar-refractivity contribution in [3.05, 3.63) is 47.5 Å². The standard InChI is InChI=1S/C19H28ClN3O2/c1-19(2,3)18(24)17(23-14-21-13-22-23)9-6-11-25-12-10-15-7-4-5-8-16(15)20/h4-5,7-8,13-14,17-18,24H,6,9-12H2,1-3H3. The molecule has 2 rings (SSSR count). The Morgan fingerprint density at radius 2 is 2.00 bits per heavy atom. The van der Waals surface area contributed by atoms with E-state index in [1.165, 1.54) is 6.33 Å². The number of hydrogen-bond acceptors (Lipinski definition) is 4. The Bertz CT molecular complexity index is 626. The zero-order valence-electron chi connectivity index (χ0n) is 15.2. The molecule has 138 valence electrons. The smallest absolute Gasteiger partial charge is 0.137 e. The second-order valence-electron chi connectivity index (χ2n) is 7.35. The largest absolute Gasteiger partial charge is 0.390 e. The van der Waals surface area contributed by atoms with E-state index in [0.717, 1.165) is 29.8 Å². The van der Waals surface area contributed by atoms with Crippen LogP contribution in [-0.4, -0.2) is 39.2 Å². The molecule has 2 unspecified atom stereocenters. The molecule has 0 bridgehead atoms. The minimum atomic E-state index is -0.502. The molecule has 0 aliphatic heterocycles. The van der Waals surface area contributed by atoms with E-state index in [4.69, 9.17) is 16.3 Å². The molecule has 25 heavy (non-hydrogen) atoms. The molecule has 2 atom stereocenters. The highest BCUT2D eigenvalue weighted by Crippen LogP contribution is 2.30. The summed E-state index contributed by atoms with van der Waals surface area (Å²) >= 11 is 6.14. The molecule has 0 aliphatic carbocycles. The van der Waals surface area contributed by atoms with Gasteiger partial charge in [-0.05, 0) is 36.3 Å². The van der Waals surface area contributed by atoms with Crippen molar-refractivity contribution in [2.24, 2.45) is 5.41 Å². The zero-order chi connectivity index (χ0) is 18.3. The predicted octanol–water partition coefficient (Wildman–Crippen LogP) is 3.92. The molecule has 0 fully saturated rings. The van der Waals surface area contributed by atoms with Gasteiger partial charge in [-0.1, -0.05) is 50.6 Å². The zero-order valence-corrected chi connectivity index (χ0v) is 16.0. The first-order valence-electron chi connectivity index (χ1n) is 8.73. The summed E-state index contributed by atoms with van der Waals surface area (Å²) in [5, 5.41) is 15.6. The third kappa shape index (κ3) is 6.10. The minimum Gasteiger partial charge on any atom is -0.390 e. The van der Waals surface area contributed by atoms with Gasteiger partial charge in [0.25, 0.3) is 0 Å². The fraction of sp³-hybridized carbons (Fsp3) is 0.579. The molecule has 0 radical (unpaired) electrons. The number of benzene rings is 1. The summed E-state index contributed by atoms with van der Waals surface area (Å²) in [6.07, 6.45) is 5.10. The molecule has 2 aromatic rings. The van der Waals surface area contributed by atoms with E-state index < -0.39 is 6.10 Å². The number of aliphatic hydroxyl groups is 1. The maximum Gasteiger partial charge on any atom is 0.137 e. The summed E-state index contributed by atoms with van der Waals surface area (Å²) in [5.74, 6) is 0.